The lowest BCUT2D eigenvalue weighted by Crippen LogP contribution is -2.51. The Hall–Kier alpha value is -3.07. The second-order valence-electron chi connectivity index (χ2n) is 11.5. The number of aliphatic hydroxyl groups is 1. The number of ether oxygens (including phenoxy) is 3. The van der Waals surface area contributed by atoms with Crippen LogP contribution in [0.2, 0.25) is 0 Å². The molecule has 3 heterocycles. The van der Waals surface area contributed by atoms with E-state index in [2.05, 4.69) is 15.3 Å². The number of amides is 1. The van der Waals surface area contributed by atoms with Crippen LogP contribution in [0.1, 0.15) is 43.5 Å². The number of nitrogens with one attached hydrogen (secondary N) is 2. The number of aromatic nitrogens is 2. The van der Waals surface area contributed by atoms with Crippen LogP contribution in [-0.2, 0) is 35.5 Å². The molecule has 1 aliphatic carbocycles. The zero-order valence-electron chi connectivity index (χ0n) is 24.1. The molecule has 2 aromatic carbocycles. The van der Waals surface area contributed by atoms with Crippen molar-refractivity contribution in [3.05, 3.63) is 59.9 Å². The summed E-state index contributed by atoms with van der Waals surface area (Å²) in [5.74, 6) is 0.626. The predicted octanol–water partition coefficient (Wildman–Crippen LogP) is 3.20. The lowest BCUT2D eigenvalue weighted by atomic mass is 10.0. The van der Waals surface area contributed by atoms with Gasteiger partial charge < -0.3 is 29.6 Å². The quantitative estimate of drug-likeness (QED) is 0.277. The molecule has 3 N–H and O–H groups in total. The molecule has 2 aliphatic heterocycles. The Morgan fingerprint density at radius 1 is 1.16 bits per heavy atom. The summed E-state index contributed by atoms with van der Waals surface area (Å²) < 4.78 is 45.6. The minimum Gasteiger partial charge on any atom is -0.443 e. The fourth-order valence-corrected chi connectivity index (χ4v) is 7.38. The van der Waals surface area contributed by atoms with E-state index < -0.39 is 40.9 Å². The number of aromatic amines is 1. The number of hydrogen-bond acceptors (Lipinski definition) is 9. The number of imidazole rings is 1. The second-order valence-corrected chi connectivity index (χ2v) is 13.3. The summed E-state index contributed by atoms with van der Waals surface area (Å²) in [4.78, 5) is 26.6. The molecule has 232 valence electrons. The van der Waals surface area contributed by atoms with Crippen molar-refractivity contribution in [2.75, 3.05) is 19.8 Å². The number of carbonyl (C=O) groups excluding carboxylic acids is 1. The van der Waals surface area contributed by atoms with Gasteiger partial charge in [-0.05, 0) is 56.4 Å². The molecule has 1 saturated carbocycles. The molecule has 6 rings (SSSR count). The van der Waals surface area contributed by atoms with Gasteiger partial charge in [-0.25, -0.2) is 18.2 Å². The van der Waals surface area contributed by atoms with Crippen LogP contribution in [0, 0.1) is 12.8 Å². The van der Waals surface area contributed by atoms with Crippen molar-refractivity contribution in [3.8, 4) is 0 Å². The molecule has 0 spiro atoms. The van der Waals surface area contributed by atoms with Gasteiger partial charge in [0.25, 0.3) is 10.0 Å². The number of nitrogens with zero attached hydrogens (tertiary/aromatic N) is 2. The summed E-state index contributed by atoms with van der Waals surface area (Å²) in [6.45, 7) is 2.17. The maximum atomic E-state index is 14.0. The smallest absolute Gasteiger partial charge is 0.407 e. The van der Waals surface area contributed by atoms with Crippen molar-refractivity contribution in [2.24, 2.45) is 5.92 Å². The largest absolute Gasteiger partial charge is 0.443 e. The van der Waals surface area contributed by atoms with E-state index in [9.17, 15) is 18.3 Å². The van der Waals surface area contributed by atoms with E-state index in [-0.39, 0.29) is 36.2 Å². The number of aliphatic hydroxyl groups excluding tert-OH is 1. The topological polar surface area (TPSA) is 152 Å². The number of fused-ring (bicyclic) bond motifs is 2. The highest BCUT2D eigenvalue weighted by atomic mass is 32.2. The summed E-state index contributed by atoms with van der Waals surface area (Å²) in [5, 5.41) is 14.3. The van der Waals surface area contributed by atoms with Crippen molar-refractivity contribution in [1.29, 1.82) is 0 Å². The number of alkyl carbamates (subject to hydrolysis) is 1. The molecule has 2 saturated heterocycles. The predicted molar refractivity (Wildman–Crippen MR) is 155 cm³/mol. The van der Waals surface area contributed by atoms with Crippen molar-refractivity contribution in [3.63, 3.8) is 0 Å². The maximum absolute atomic E-state index is 14.0. The lowest BCUT2D eigenvalue weighted by molar-refractivity contribution is -0.145. The molecule has 43 heavy (non-hydrogen) atoms. The normalized spacial score (nSPS) is 23.9. The molecule has 1 aromatic heterocycles. The van der Waals surface area contributed by atoms with Gasteiger partial charge in [0.05, 0.1) is 59.9 Å². The SMILES string of the molecule is Cc1nc2ccc(S(=O)(=O)N(CC(O)[C@H](Cc3ccccc3)NC(=O)OC3COC4OCCC34)OC3CCCC3)cc2[nH]1. The van der Waals surface area contributed by atoms with Crippen molar-refractivity contribution in [2.45, 2.75) is 81.0 Å². The van der Waals surface area contributed by atoms with Crippen LogP contribution in [0.5, 0.6) is 0 Å². The average molecular weight is 615 g/mol. The molecular weight excluding hydrogens is 576 g/mol. The molecule has 3 fully saturated rings. The first kappa shape index (κ1) is 30.0. The summed E-state index contributed by atoms with van der Waals surface area (Å²) in [7, 11) is -4.20. The first-order valence-corrected chi connectivity index (χ1v) is 16.3. The first-order chi connectivity index (χ1) is 20.8. The van der Waals surface area contributed by atoms with Gasteiger partial charge in [-0.2, -0.15) is 0 Å². The van der Waals surface area contributed by atoms with E-state index in [1.165, 1.54) is 12.1 Å². The minimum atomic E-state index is -4.20. The molecule has 12 nitrogen and oxygen atoms in total. The molecule has 3 aromatic rings. The van der Waals surface area contributed by atoms with E-state index in [0.29, 0.717) is 36.3 Å². The van der Waals surface area contributed by atoms with Gasteiger partial charge in [-0.15, -0.1) is 0 Å². The molecule has 0 radical (unpaired) electrons. The monoisotopic (exact) mass is 614 g/mol. The van der Waals surface area contributed by atoms with Crippen LogP contribution in [0.15, 0.2) is 53.4 Å². The van der Waals surface area contributed by atoms with Crippen LogP contribution >= 0.6 is 0 Å². The van der Waals surface area contributed by atoms with Crippen LogP contribution in [0.25, 0.3) is 11.0 Å². The van der Waals surface area contributed by atoms with Crippen LogP contribution in [-0.4, -0.2) is 84.5 Å². The van der Waals surface area contributed by atoms with Crippen LogP contribution < -0.4 is 5.32 Å². The molecule has 4 unspecified atom stereocenters. The summed E-state index contributed by atoms with van der Waals surface area (Å²) in [6, 6.07) is 13.1. The van der Waals surface area contributed by atoms with Gasteiger partial charge in [-0.3, -0.25) is 4.84 Å². The van der Waals surface area contributed by atoms with E-state index in [1.54, 1.807) is 13.0 Å². The Labute approximate surface area is 250 Å². The lowest BCUT2D eigenvalue weighted by Gasteiger charge is -2.31. The van der Waals surface area contributed by atoms with Crippen LogP contribution in [0.4, 0.5) is 4.79 Å². The number of H-pyrrole nitrogens is 1. The van der Waals surface area contributed by atoms with Gasteiger partial charge in [0.15, 0.2) is 6.29 Å². The summed E-state index contributed by atoms with van der Waals surface area (Å²) >= 11 is 0. The van der Waals surface area contributed by atoms with Crippen molar-refractivity contribution >= 4 is 27.1 Å². The molecule has 13 heteroatoms. The second kappa shape index (κ2) is 12.9. The summed E-state index contributed by atoms with van der Waals surface area (Å²) in [5.41, 5.74) is 2.08. The van der Waals surface area contributed by atoms with Gasteiger partial charge in [-0.1, -0.05) is 47.6 Å². The van der Waals surface area contributed by atoms with E-state index in [0.717, 1.165) is 29.3 Å². The molecule has 1 amide bonds. The number of hydroxylamine groups is 1. The number of sulfonamides is 1. The zero-order valence-corrected chi connectivity index (χ0v) is 24.9. The Morgan fingerprint density at radius 3 is 2.74 bits per heavy atom. The molecule has 0 bridgehead atoms. The third kappa shape index (κ3) is 6.87. The average Bonchev–Trinajstić information content (AvgIpc) is 3.79. The highest BCUT2D eigenvalue weighted by Crippen LogP contribution is 2.33. The number of benzene rings is 2. The molecule has 5 atom stereocenters. The minimum absolute atomic E-state index is 0.00963. The molecule has 3 aliphatic rings. The number of rotatable bonds is 11. The standard InChI is InChI=1S/C30H38N4O8S/c1-19-31-24-12-11-22(16-25(24)32-19)43(37,38)34(42-21-9-5-6-10-21)17-27(35)26(15-20-7-3-2-4-8-20)33-30(36)41-28-18-40-29-23(28)13-14-39-29/h2-4,7-8,11-12,16,21,23,26-29,35H,5-6,9-10,13-15,17-18H2,1H3,(H,31,32)(H,33,36)/t23?,26-,27?,28?,29?/m0/s1. The number of carbonyl (C=O) groups is 1. The summed E-state index contributed by atoms with van der Waals surface area (Å²) in [6.07, 6.45) is 1.09. The fourth-order valence-electron chi connectivity index (χ4n) is 6.05. The van der Waals surface area contributed by atoms with E-state index >= 15 is 0 Å². The number of hydrogen-bond donors (Lipinski definition) is 3. The Kier molecular flexibility index (Phi) is 8.98. The van der Waals surface area contributed by atoms with Crippen LogP contribution in [0.3, 0.4) is 0 Å². The van der Waals surface area contributed by atoms with Gasteiger partial charge >= 0.3 is 6.09 Å². The van der Waals surface area contributed by atoms with E-state index in [1.807, 2.05) is 30.3 Å². The first-order valence-electron chi connectivity index (χ1n) is 14.8. The van der Waals surface area contributed by atoms with Crippen molar-refractivity contribution in [1.82, 2.24) is 19.8 Å². The maximum Gasteiger partial charge on any atom is 0.407 e. The fraction of sp³-hybridized carbons (Fsp3) is 0.533. The third-order valence-electron chi connectivity index (χ3n) is 8.35. The Morgan fingerprint density at radius 2 is 1.95 bits per heavy atom. The Bertz CT molecular complexity index is 1510. The zero-order chi connectivity index (χ0) is 30.0. The van der Waals surface area contributed by atoms with Gasteiger partial charge in [0.2, 0.25) is 0 Å². The Balaban J connectivity index is 1.22. The number of aryl methyl sites for hydroxylation is 1. The van der Waals surface area contributed by atoms with Gasteiger partial charge in [0, 0.05) is 0 Å². The molecular formula is C30H38N4O8S. The third-order valence-corrected chi connectivity index (χ3v) is 9.97. The van der Waals surface area contributed by atoms with E-state index in [4.69, 9.17) is 19.0 Å². The van der Waals surface area contributed by atoms with Gasteiger partial charge in [0.1, 0.15) is 11.9 Å². The van der Waals surface area contributed by atoms with Crippen molar-refractivity contribution < 1.29 is 37.4 Å². The highest BCUT2D eigenvalue weighted by molar-refractivity contribution is 7.89. The highest BCUT2D eigenvalue weighted by Gasteiger charge is 2.44.